The van der Waals surface area contributed by atoms with Crippen LogP contribution in [0.1, 0.15) is 17.2 Å². The van der Waals surface area contributed by atoms with Crippen molar-refractivity contribution in [3.05, 3.63) is 46.3 Å². The maximum Gasteiger partial charge on any atom is 0.174 e. The van der Waals surface area contributed by atoms with Crippen molar-refractivity contribution in [3.63, 3.8) is 0 Å². The highest BCUT2D eigenvalue weighted by atomic mass is 79.9. The minimum atomic E-state index is -0.633. The van der Waals surface area contributed by atoms with Gasteiger partial charge >= 0.3 is 0 Å². The SMILES string of the molecule is COc1ccc(CC(O)c2ccoc2Br)cc1OC. The van der Waals surface area contributed by atoms with Gasteiger partial charge in [0.2, 0.25) is 0 Å². The Kier molecular flexibility index (Phi) is 4.50. The summed E-state index contributed by atoms with van der Waals surface area (Å²) >= 11 is 3.26. The molecule has 0 aliphatic rings. The lowest BCUT2D eigenvalue weighted by molar-refractivity contribution is 0.176. The molecule has 0 saturated heterocycles. The lowest BCUT2D eigenvalue weighted by atomic mass is 10.0. The summed E-state index contributed by atoms with van der Waals surface area (Å²) < 4.78 is 16.1. The number of rotatable bonds is 5. The first-order chi connectivity index (χ1) is 9.15. The van der Waals surface area contributed by atoms with Crippen LogP contribution in [0.15, 0.2) is 39.6 Å². The van der Waals surface area contributed by atoms with Gasteiger partial charge in [-0.05, 0) is 39.7 Å². The number of halogens is 1. The number of aliphatic hydroxyl groups is 1. The molecule has 5 heteroatoms. The molecule has 102 valence electrons. The molecule has 0 fully saturated rings. The van der Waals surface area contributed by atoms with Crippen LogP contribution in [-0.2, 0) is 6.42 Å². The minimum absolute atomic E-state index is 0.471. The van der Waals surface area contributed by atoms with E-state index in [1.807, 2.05) is 18.2 Å². The van der Waals surface area contributed by atoms with E-state index in [0.717, 1.165) is 11.1 Å². The van der Waals surface area contributed by atoms with Gasteiger partial charge < -0.3 is 19.0 Å². The highest BCUT2D eigenvalue weighted by Crippen LogP contribution is 2.31. The van der Waals surface area contributed by atoms with E-state index in [1.54, 1.807) is 20.3 Å². The summed E-state index contributed by atoms with van der Waals surface area (Å²) in [5, 5.41) is 10.2. The highest BCUT2D eigenvalue weighted by Gasteiger charge is 2.15. The molecule has 2 rings (SSSR count). The van der Waals surface area contributed by atoms with E-state index in [9.17, 15) is 5.11 Å². The molecule has 1 aromatic heterocycles. The van der Waals surface area contributed by atoms with Crippen LogP contribution < -0.4 is 9.47 Å². The molecule has 0 amide bonds. The van der Waals surface area contributed by atoms with Gasteiger partial charge in [-0.1, -0.05) is 6.07 Å². The smallest absolute Gasteiger partial charge is 0.174 e. The van der Waals surface area contributed by atoms with Crippen molar-refractivity contribution in [2.45, 2.75) is 12.5 Å². The number of aliphatic hydroxyl groups excluding tert-OH is 1. The van der Waals surface area contributed by atoms with Gasteiger partial charge in [0.25, 0.3) is 0 Å². The average molecular weight is 327 g/mol. The number of ether oxygens (including phenoxy) is 2. The highest BCUT2D eigenvalue weighted by molar-refractivity contribution is 9.10. The standard InChI is InChI=1S/C14H15BrO4/c1-17-12-4-3-9(8-13(12)18-2)7-11(16)10-5-6-19-14(10)15/h3-6,8,11,16H,7H2,1-2H3. The van der Waals surface area contributed by atoms with E-state index in [1.165, 1.54) is 6.26 Å². The lowest BCUT2D eigenvalue weighted by Crippen LogP contribution is -2.02. The van der Waals surface area contributed by atoms with Crippen LogP contribution in [0.25, 0.3) is 0 Å². The van der Waals surface area contributed by atoms with Crippen molar-refractivity contribution in [3.8, 4) is 11.5 Å². The molecular formula is C14H15BrO4. The number of methoxy groups -OCH3 is 2. The second-order valence-corrected chi connectivity index (χ2v) is 4.78. The molecule has 0 aliphatic carbocycles. The Morgan fingerprint density at radius 3 is 2.53 bits per heavy atom. The molecular weight excluding hydrogens is 312 g/mol. The second-order valence-electron chi connectivity index (χ2n) is 4.06. The summed E-state index contributed by atoms with van der Waals surface area (Å²) in [5.74, 6) is 1.32. The van der Waals surface area contributed by atoms with E-state index in [2.05, 4.69) is 15.9 Å². The number of furan rings is 1. The monoisotopic (exact) mass is 326 g/mol. The van der Waals surface area contributed by atoms with Crippen molar-refractivity contribution in [1.29, 1.82) is 0 Å². The van der Waals surface area contributed by atoms with Crippen LogP contribution in [0.3, 0.4) is 0 Å². The molecule has 0 aliphatic heterocycles. The molecule has 4 nitrogen and oxygen atoms in total. The normalized spacial score (nSPS) is 12.2. The molecule has 1 unspecified atom stereocenters. The topological polar surface area (TPSA) is 51.8 Å². The Bertz CT molecular complexity index is 550. The van der Waals surface area contributed by atoms with Crippen molar-refractivity contribution < 1.29 is 19.0 Å². The van der Waals surface area contributed by atoms with E-state index in [4.69, 9.17) is 13.9 Å². The van der Waals surface area contributed by atoms with E-state index in [0.29, 0.717) is 22.6 Å². The van der Waals surface area contributed by atoms with Crippen molar-refractivity contribution in [2.24, 2.45) is 0 Å². The van der Waals surface area contributed by atoms with Crippen LogP contribution in [-0.4, -0.2) is 19.3 Å². The van der Waals surface area contributed by atoms with Gasteiger partial charge in [-0.3, -0.25) is 0 Å². The molecule has 0 radical (unpaired) electrons. The van der Waals surface area contributed by atoms with E-state index in [-0.39, 0.29) is 0 Å². The van der Waals surface area contributed by atoms with Gasteiger partial charge in [0, 0.05) is 12.0 Å². The number of benzene rings is 1. The average Bonchev–Trinajstić information content (AvgIpc) is 2.85. The van der Waals surface area contributed by atoms with Crippen LogP contribution in [0, 0.1) is 0 Å². The summed E-state index contributed by atoms with van der Waals surface area (Å²) in [4.78, 5) is 0. The van der Waals surface area contributed by atoms with E-state index >= 15 is 0 Å². The molecule has 1 heterocycles. The maximum atomic E-state index is 10.2. The third-order valence-electron chi connectivity index (χ3n) is 2.88. The summed E-state index contributed by atoms with van der Waals surface area (Å²) in [7, 11) is 3.18. The molecule has 1 N–H and O–H groups in total. The van der Waals surface area contributed by atoms with Crippen LogP contribution in [0.4, 0.5) is 0 Å². The summed E-state index contributed by atoms with van der Waals surface area (Å²) in [6.07, 6.45) is 1.38. The molecule has 2 aromatic rings. The first-order valence-corrected chi connectivity index (χ1v) is 6.57. The van der Waals surface area contributed by atoms with Gasteiger partial charge in [0.15, 0.2) is 16.2 Å². The fourth-order valence-corrected chi connectivity index (χ4v) is 2.39. The second kappa shape index (κ2) is 6.12. The van der Waals surface area contributed by atoms with Gasteiger partial charge in [-0.25, -0.2) is 0 Å². The molecule has 0 saturated carbocycles. The zero-order chi connectivity index (χ0) is 13.8. The fourth-order valence-electron chi connectivity index (χ4n) is 1.88. The molecule has 0 spiro atoms. The summed E-state index contributed by atoms with van der Waals surface area (Å²) in [6, 6.07) is 7.33. The predicted octanol–water partition coefficient (Wildman–Crippen LogP) is 3.34. The first-order valence-electron chi connectivity index (χ1n) is 5.77. The Hall–Kier alpha value is -1.46. The Balaban J connectivity index is 2.17. The Labute approximate surface area is 120 Å². The zero-order valence-electron chi connectivity index (χ0n) is 10.7. The van der Waals surface area contributed by atoms with Gasteiger partial charge in [0.05, 0.1) is 26.6 Å². The predicted molar refractivity (Wildman–Crippen MR) is 74.6 cm³/mol. The van der Waals surface area contributed by atoms with Crippen LogP contribution >= 0.6 is 15.9 Å². The minimum Gasteiger partial charge on any atom is -0.493 e. The van der Waals surface area contributed by atoms with E-state index < -0.39 is 6.10 Å². The number of hydrogen-bond acceptors (Lipinski definition) is 4. The van der Waals surface area contributed by atoms with Gasteiger partial charge in [-0.15, -0.1) is 0 Å². The largest absolute Gasteiger partial charge is 0.493 e. The summed E-state index contributed by atoms with van der Waals surface area (Å²) in [6.45, 7) is 0. The molecule has 19 heavy (non-hydrogen) atoms. The molecule has 1 atom stereocenters. The first kappa shape index (κ1) is 14.0. The van der Waals surface area contributed by atoms with Crippen molar-refractivity contribution >= 4 is 15.9 Å². The van der Waals surface area contributed by atoms with Gasteiger partial charge in [-0.2, -0.15) is 0 Å². The lowest BCUT2D eigenvalue weighted by Gasteiger charge is -2.12. The van der Waals surface area contributed by atoms with Crippen LogP contribution in [0.5, 0.6) is 11.5 Å². The Morgan fingerprint density at radius 1 is 1.21 bits per heavy atom. The Morgan fingerprint density at radius 2 is 1.95 bits per heavy atom. The zero-order valence-corrected chi connectivity index (χ0v) is 12.3. The molecule has 1 aromatic carbocycles. The van der Waals surface area contributed by atoms with Crippen molar-refractivity contribution in [2.75, 3.05) is 14.2 Å². The fraction of sp³-hybridized carbons (Fsp3) is 0.286. The summed E-state index contributed by atoms with van der Waals surface area (Å²) in [5.41, 5.74) is 1.69. The molecule has 0 bridgehead atoms. The van der Waals surface area contributed by atoms with Crippen molar-refractivity contribution in [1.82, 2.24) is 0 Å². The quantitative estimate of drug-likeness (QED) is 0.915. The van der Waals surface area contributed by atoms with Crippen LogP contribution in [0.2, 0.25) is 0 Å². The maximum absolute atomic E-state index is 10.2. The third kappa shape index (κ3) is 3.11. The van der Waals surface area contributed by atoms with Gasteiger partial charge in [0.1, 0.15) is 0 Å². The third-order valence-corrected chi connectivity index (χ3v) is 3.53. The number of hydrogen-bond donors (Lipinski definition) is 1.